The number of likely N-dealkylation sites (N-methyl/N-ethyl adjacent to an activating group) is 1. The molecular weight excluding hydrogens is 310 g/mol. The molecule has 1 aromatic carbocycles. The molecule has 0 radical (unpaired) electrons. The normalized spacial score (nSPS) is 24.0. The van der Waals surface area contributed by atoms with Crippen LogP contribution in [0.25, 0.3) is 0 Å². The number of benzene rings is 1. The Morgan fingerprint density at radius 2 is 1.88 bits per heavy atom. The van der Waals surface area contributed by atoms with Gasteiger partial charge in [-0.15, -0.1) is 0 Å². The first kappa shape index (κ1) is 16.3. The second-order valence-corrected chi connectivity index (χ2v) is 6.16. The van der Waals surface area contributed by atoms with Crippen LogP contribution in [0, 0.1) is 0 Å². The molecule has 0 N–H and O–H groups in total. The second-order valence-electron chi connectivity index (χ2n) is 6.16. The van der Waals surface area contributed by atoms with E-state index in [1.807, 2.05) is 30.3 Å². The lowest BCUT2D eigenvalue weighted by Gasteiger charge is -2.47. The van der Waals surface area contributed by atoms with Gasteiger partial charge in [-0.3, -0.25) is 9.59 Å². The van der Waals surface area contributed by atoms with E-state index in [1.54, 1.807) is 18.9 Å². The highest BCUT2D eigenvalue weighted by molar-refractivity contribution is 5.97. The summed E-state index contributed by atoms with van der Waals surface area (Å²) in [5, 5.41) is 0. The molecule has 7 heteroatoms. The van der Waals surface area contributed by atoms with Crippen LogP contribution in [0.15, 0.2) is 30.3 Å². The van der Waals surface area contributed by atoms with E-state index in [4.69, 9.17) is 4.74 Å². The second kappa shape index (κ2) is 6.51. The molecule has 1 aromatic rings. The zero-order chi connectivity index (χ0) is 17.3. The summed E-state index contributed by atoms with van der Waals surface area (Å²) in [6.45, 7) is 2.81. The fourth-order valence-electron chi connectivity index (χ4n) is 3.07. The Morgan fingerprint density at radius 1 is 1.17 bits per heavy atom. The largest absolute Gasteiger partial charge is 0.445 e. The molecule has 2 aliphatic heterocycles. The monoisotopic (exact) mass is 331 g/mol. The number of ether oxygens (including phenoxy) is 1. The van der Waals surface area contributed by atoms with Gasteiger partial charge in [0, 0.05) is 20.1 Å². The number of nitrogens with zero attached hydrogens (tertiary/aromatic N) is 3. The molecule has 128 valence electrons. The molecule has 0 unspecified atom stereocenters. The predicted octanol–water partition coefficient (Wildman–Crippen LogP) is 0.696. The van der Waals surface area contributed by atoms with Gasteiger partial charge in [0.05, 0.1) is 6.54 Å². The number of carbonyl (C=O) groups is 3. The summed E-state index contributed by atoms with van der Waals surface area (Å²) in [7, 11) is 1.62. The Balaban J connectivity index is 1.62. The zero-order valence-corrected chi connectivity index (χ0v) is 13.8. The molecule has 2 aliphatic rings. The minimum absolute atomic E-state index is 0.0700. The first-order chi connectivity index (χ1) is 11.5. The average molecular weight is 331 g/mol. The van der Waals surface area contributed by atoms with E-state index in [1.165, 1.54) is 9.80 Å². The molecule has 0 aliphatic carbocycles. The highest BCUT2D eigenvalue weighted by Gasteiger charge is 2.45. The van der Waals surface area contributed by atoms with Gasteiger partial charge < -0.3 is 19.4 Å². The van der Waals surface area contributed by atoms with Crippen LogP contribution in [0.2, 0.25) is 0 Å². The molecule has 2 fully saturated rings. The molecule has 2 heterocycles. The van der Waals surface area contributed by atoms with Crippen LogP contribution >= 0.6 is 0 Å². The Morgan fingerprint density at radius 3 is 2.58 bits per heavy atom. The predicted molar refractivity (Wildman–Crippen MR) is 85.9 cm³/mol. The topological polar surface area (TPSA) is 70.2 Å². The third kappa shape index (κ3) is 2.93. The van der Waals surface area contributed by atoms with Crippen molar-refractivity contribution < 1.29 is 19.1 Å². The molecule has 2 saturated heterocycles. The smallest absolute Gasteiger partial charge is 0.410 e. The molecule has 3 amide bonds. The molecule has 0 spiro atoms. The standard InChI is InChI=1S/C17H21N3O4/c1-12-15(21)20-9-8-19(10-14(20)16(22)18(12)2)17(23)24-11-13-6-4-3-5-7-13/h3-7,12,14H,8-11H2,1-2H3/t12-,14+/m0/s1. The third-order valence-electron chi connectivity index (χ3n) is 4.70. The first-order valence-corrected chi connectivity index (χ1v) is 8.02. The molecule has 2 atom stereocenters. The summed E-state index contributed by atoms with van der Waals surface area (Å²) in [5.41, 5.74) is 0.905. The lowest BCUT2D eigenvalue weighted by Crippen LogP contribution is -2.69. The lowest BCUT2D eigenvalue weighted by molar-refractivity contribution is -0.162. The van der Waals surface area contributed by atoms with E-state index in [-0.39, 0.29) is 25.0 Å². The van der Waals surface area contributed by atoms with Crippen molar-refractivity contribution >= 4 is 17.9 Å². The Kier molecular flexibility index (Phi) is 4.42. The van der Waals surface area contributed by atoms with Crippen molar-refractivity contribution in [1.82, 2.24) is 14.7 Å². The van der Waals surface area contributed by atoms with E-state index in [9.17, 15) is 14.4 Å². The van der Waals surface area contributed by atoms with E-state index in [0.29, 0.717) is 13.1 Å². The minimum Gasteiger partial charge on any atom is -0.445 e. The molecule has 3 rings (SSSR count). The highest BCUT2D eigenvalue weighted by atomic mass is 16.6. The highest BCUT2D eigenvalue weighted by Crippen LogP contribution is 2.21. The SMILES string of the molecule is C[C@H]1C(=O)N2CCN(C(=O)OCc3ccccc3)C[C@@H]2C(=O)N1C. The minimum atomic E-state index is -0.614. The van der Waals surface area contributed by atoms with Gasteiger partial charge in [-0.2, -0.15) is 0 Å². The Bertz CT molecular complexity index is 648. The van der Waals surface area contributed by atoms with Crippen molar-refractivity contribution in [3.05, 3.63) is 35.9 Å². The van der Waals surface area contributed by atoms with E-state index < -0.39 is 18.2 Å². The number of amides is 3. The summed E-state index contributed by atoms with van der Waals surface area (Å²) >= 11 is 0. The number of carbonyl (C=O) groups excluding carboxylic acids is 3. The van der Waals surface area contributed by atoms with Crippen molar-refractivity contribution in [2.45, 2.75) is 25.6 Å². The van der Waals surface area contributed by atoms with E-state index in [0.717, 1.165) is 5.56 Å². The molecule has 7 nitrogen and oxygen atoms in total. The number of hydrogen-bond donors (Lipinski definition) is 0. The maximum Gasteiger partial charge on any atom is 0.410 e. The molecule has 0 aromatic heterocycles. The average Bonchev–Trinajstić information content (AvgIpc) is 2.63. The third-order valence-corrected chi connectivity index (χ3v) is 4.70. The maximum atomic E-state index is 12.4. The van der Waals surface area contributed by atoms with Crippen LogP contribution < -0.4 is 0 Å². The molecule has 0 bridgehead atoms. The van der Waals surface area contributed by atoms with Crippen LogP contribution in [0.1, 0.15) is 12.5 Å². The van der Waals surface area contributed by atoms with Gasteiger partial charge in [0.1, 0.15) is 18.7 Å². The Hall–Kier alpha value is -2.57. The van der Waals surface area contributed by atoms with Crippen LogP contribution in [0.5, 0.6) is 0 Å². The fourth-order valence-corrected chi connectivity index (χ4v) is 3.07. The Labute approximate surface area is 140 Å². The summed E-state index contributed by atoms with van der Waals surface area (Å²) in [6, 6.07) is 8.35. The van der Waals surface area contributed by atoms with Gasteiger partial charge in [0.15, 0.2) is 0 Å². The van der Waals surface area contributed by atoms with Crippen molar-refractivity contribution in [1.29, 1.82) is 0 Å². The van der Waals surface area contributed by atoms with Crippen LogP contribution in [-0.2, 0) is 20.9 Å². The lowest BCUT2D eigenvalue weighted by atomic mass is 10.0. The summed E-state index contributed by atoms with van der Waals surface area (Å²) in [4.78, 5) is 41.5. The summed E-state index contributed by atoms with van der Waals surface area (Å²) in [6.07, 6.45) is -0.458. The quantitative estimate of drug-likeness (QED) is 0.800. The number of hydrogen-bond acceptors (Lipinski definition) is 4. The van der Waals surface area contributed by atoms with Crippen molar-refractivity contribution in [2.75, 3.05) is 26.7 Å². The fraction of sp³-hybridized carbons (Fsp3) is 0.471. The van der Waals surface area contributed by atoms with Gasteiger partial charge in [-0.1, -0.05) is 30.3 Å². The molecule has 0 saturated carbocycles. The number of fused-ring (bicyclic) bond motifs is 1. The summed E-state index contributed by atoms with van der Waals surface area (Å²) in [5.74, 6) is -0.206. The van der Waals surface area contributed by atoms with Gasteiger partial charge in [-0.05, 0) is 12.5 Å². The van der Waals surface area contributed by atoms with Crippen LogP contribution in [0.3, 0.4) is 0 Å². The summed E-state index contributed by atoms with van der Waals surface area (Å²) < 4.78 is 5.32. The molecular formula is C17H21N3O4. The van der Waals surface area contributed by atoms with Crippen LogP contribution in [-0.4, -0.2) is 71.4 Å². The van der Waals surface area contributed by atoms with E-state index >= 15 is 0 Å². The maximum absolute atomic E-state index is 12.4. The number of rotatable bonds is 2. The van der Waals surface area contributed by atoms with Gasteiger partial charge in [-0.25, -0.2) is 4.79 Å². The van der Waals surface area contributed by atoms with Crippen molar-refractivity contribution in [2.24, 2.45) is 0 Å². The van der Waals surface area contributed by atoms with E-state index in [2.05, 4.69) is 0 Å². The van der Waals surface area contributed by atoms with Gasteiger partial charge in [0.2, 0.25) is 11.8 Å². The first-order valence-electron chi connectivity index (χ1n) is 8.02. The zero-order valence-electron chi connectivity index (χ0n) is 13.8. The van der Waals surface area contributed by atoms with Crippen molar-refractivity contribution in [3.63, 3.8) is 0 Å². The molecule has 24 heavy (non-hydrogen) atoms. The van der Waals surface area contributed by atoms with Crippen LogP contribution in [0.4, 0.5) is 4.79 Å². The van der Waals surface area contributed by atoms with Crippen molar-refractivity contribution in [3.8, 4) is 0 Å². The van der Waals surface area contributed by atoms with Gasteiger partial charge >= 0.3 is 6.09 Å². The number of piperazine rings is 2. The van der Waals surface area contributed by atoms with Gasteiger partial charge in [0.25, 0.3) is 0 Å².